The Balaban J connectivity index is 1.59. The third-order valence-electron chi connectivity index (χ3n) is 6.19. The van der Waals surface area contributed by atoms with E-state index in [2.05, 4.69) is 21.2 Å². The molecule has 6 heteroatoms. The minimum atomic E-state index is -0.664. The molecular weight excluding hydrogens is 390 g/mol. The van der Waals surface area contributed by atoms with Gasteiger partial charge in [-0.05, 0) is 62.5 Å². The highest BCUT2D eigenvalue weighted by molar-refractivity contribution is 9.10. The summed E-state index contributed by atoms with van der Waals surface area (Å²) in [4.78, 5) is 14.5. The quantitative estimate of drug-likeness (QED) is 0.729. The fraction of sp³-hybridized carbons (Fsp3) is 0.632. The van der Waals surface area contributed by atoms with E-state index in [4.69, 9.17) is 0 Å². The molecule has 5 rings (SSSR count). The maximum Gasteiger partial charge on any atom is 0.230 e. The van der Waals surface area contributed by atoms with E-state index in [0.29, 0.717) is 11.8 Å². The van der Waals surface area contributed by atoms with E-state index < -0.39 is 17.0 Å². The van der Waals surface area contributed by atoms with Crippen molar-refractivity contribution in [3.63, 3.8) is 0 Å². The van der Waals surface area contributed by atoms with Gasteiger partial charge in [0.2, 0.25) is 5.91 Å². The van der Waals surface area contributed by atoms with Crippen molar-refractivity contribution in [3.8, 4) is 0 Å². The molecule has 0 heterocycles. The largest absolute Gasteiger partial charge is 0.373 e. The highest BCUT2D eigenvalue weighted by atomic mass is 79.9. The summed E-state index contributed by atoms with van der Waals surface area (Å²) >= 11 is 3.89. The summed E-state index contributed by atoms with van der Waals surface area (Å²) < 4.78 is 28.5. The Hall–Kier alpha value is -1.17. The first-order chi connectivity index (χ1) is 11.7. The second-order valence-electron chi connectivity index (χ2n) is 8.53. The number of nitrogens with zero attached hydrogens (tertiary/aromatic N) is 1. The number of amides is 1. The van der Waals surface area contributed by atoms with E-state index in [-0.39, 0.29) is 21.6 Å². The molecule has 4 bridgehead atoms. The van der Waals surface area contributed by atoms with Gasteiger partial charge in [-0.25, -0.2) is 8.78 Å². The van der Waals surface area contributed by atoms with Crippen molar-refractivity contribution in [1.29, 1.82) is 0 Å². The Morgan fingerprint density at radius 3 is 2.20 bits per heavy atom. The van der Waals surface area contributed by atoms with Gasteiger partial charge >= 0.3 is 0 Å². The molecule has 3 nitrogen and oxygen atoms in total. The van der Waals surface area contributed by atoms with Crippen LogP contribution in [0, 0.1) is 28.9 Å². The molecule has 1 aromatic rings. The van der Waals surface area contributed by atoms with Crippen LogP contribution in [0.1, 0.15) is 38.5 Å². The van der Waals surface area contributed by atoms with Crippen LogP contribution in [0.2, 0.25) is 0 Å². The molecule has 4 aliphatic carbocycles. The zero-order chi connectivity index (χ0) is 18.0. The van der Waals surface area contributed by atoms with Crippen LogP contribution >= 0.6 is 15.9 Å². The first-order valence-electron chi connectivity index (χ1n) is 8.86. The van der Waals surface area contributed by atoms with Crippen LogP contribution in [0.5, 0.6) is 0 Å². The minimum Gasteiger partial charge on any atom is -0.373 e. The van der Waals surface area contributed by atoms with Crippen molar-refractivity contribution in [2.75, 3.05) is 24.3 Å². The molecule has 1 aromatic carbocycles. The summed E-state index contributed by atoms with van der Waals surface area (Å²) in [7, 11) is 3.18. The molecular formula is C19H23BrF2N2O. The SMILES string of the molecule is CN(C)c1c(F)cc(NC(=O)C23CC4CC(CC(Br)(C4)C2)C3)cc1F. The molecule has 4 saturated carbocycles. The summed E-state index contributed by atoms with van der Waals surface area (Å²) in [6.45, 7) is 0. The maximum absolute atomic E-state index is 14.2. The Bertz CT molecular complexity index is 699. The molecule has 0 saturated heterocycles. The number of rotatable bonds is 3. The highest BCUT2D eigenvalue weighted by Gasteiger charge is 2.59. The molecule has 1 N–H and O–H groups in total. The monoisotopic (exact) mass is 412 g/mol. The van der Waals surface area contributed by atoms with Gasteiger partial charge in [0.25, 0.3) is 0 Å². The Kier molecular flexibility index (Phi) is 3.91. The normalized spacial score (nSPS) is 35.7. The number of hydrogen-bond acceptors (Lipinski definition) is 2. The minimum absolute atomic E-state index is 0.0692. The van der Waals surface area contributed by atoms with E-state index in [1.165, 1.54) is 23.5 Å². The average molecular weight is 413 g/mol. The maximum atomic E-state index is 14.2. The Morgan fingerprint density at radius 1 is 1.16 bits per heavy atom. The number of anilines is 2. The van der Waals surface area contributed by atoms with E-state index in [9.17, 15) is 13.6 Å². The van der Waals surface area contributed by atoms with Gasteiger partial charge in [-0.1, -0.05) is 15.9 Å². The number of carbonyl (C=O) groups excluding carboxylic acids is 1. The first kappa shape index (κ1) is 17.3. The molecule has 0 spiro atoms. The lowest BCUT2D eigenvalue weighted by atomic mass is 9.49. The fourth-order valence-corrected chi connectivity index (χ4v) is 7.20. The van der Waals surface area contributed by atoms with Crippen LogP contribution in [-0.4, -0.2) is 24.3 Å². The van der Waals surface area contributed by atoms with Crippen LogP contribution in [0.4, 0.5) is 20.2 Å². The Labute approximate surface area is 155 Å². The number of halogens is 3. The van der Waals surface area contributed by atoms with Gasteiger partial charge in [0.15, 0.2) is 11.6 Å². The molecule has 25 heavy (non-hydrogen) atoms. The van der Waals surface area contributed by atoms with Crippen molar-refractivity contribution in [3.05, 3.63) is 23.8 Å². The van der Waals surface area contributed by atoms with Gasteiger partial charge in [0.1, 0.15) is 5.69 Å². The third-order valence-corrected chi connectivity index (χ3v) is 7.12. The first-order valence-corrected chi connectivity index (χ1v) is 9.66. The molecule has 2 unspecified atom stereocenters. The lowest BCUT2D eigenvalue weighted by Crippen LogP contribution is -2.57. The molecule has 0 aromatic heterocycles. The molecule has 4 aliphatic rings. The van der Waals surface area contributed by atoms with Crippen molar-refractivity contribution < 1.29 is 13.6 Å². The second kappa shape index (κ2) is 5.66. The van der Waals surface area contributed by atoms with Crippen LogP contribution in [0.25, 0.3) is 0 Å². The van der Waals surface area contributed by atoms with Crippen molar-refractivity contribution in [2.45, 2.75) is 42.8 Å². The third kappa shape index (κ3) is 2.86. The van der Waals surface area contributed by atoms with Crippen LogP contribution in [0.3, 0.4) is 0 Å². The van der Waals surface area contributed by atoms with E-state index >= 15 is 0 Å². The molecule has 1 amide bonds. The van der Waals surface area contributed by atoms with Gasteiger partial charge in [-0.2, -0.15) is 0 Å². The fourth-order valence-electron chi connectivity index (χ4n) is 5.75. The zero-order valence-corrected chi connectivity index (χ0v) is 16.1. The van der Waals surface area contributed by atoms with Crippen molar-refractivity contribution in [1.82, 2.24) is 0 Å². The van der Waals surface area contributed by atoms with Gasteiger partial charge < -0.3 is 10.2 Å². The predicted octanol–water partition coefficient (Wildman–Crippen LogP) is 4.70. The lowest BCUT2D eigenvalue weighted by Gasteiger charge is -2.59. The molecule has 0 radical (unpaired) electrons. The molecule has 136 valence electrons. The standard InChI is InChI=1S/C19H23BrF2N2O/c1-24(2)16-14(21)4-13(5-15(16)22)23-17(25)18-6-11-3-12(7-18)9-19(20,8-11)10-18/h4-5,11-12H,3,6-10H2,1-2H3,(H,23,25). The average Bonchev–Trinajstić information content (AvgIpc) is 2.43. The lowest BCUT2D eigenvalue weighted by molar-refractivity contribution is -0.138. The topological polar surface area (TPSA) is 32.3 Å². The highest BCUT2D eigenvalue weighted by Crippen LogP contribution is 2.64. The zero-order valence-electron chi connectivity index (χ0n) is 14.5. The second-order valence-corrected chi connectivity index (χ2v) is 10.2. The number of nitrogens with one attached hydrogen (secondary N) is 1. The summed E-state index contributed by atoms with van der Waals surface area (Å²) in [6, 6.07) is 2.42. The summed E-state index contributed by atoms with van der Waals surface area (Å²) in [5, 5.41) is 2.81. The van der Waals surface area contributed by atoms with Crippen LogP contribution in [-0.2, 0) is 4.79 Å². The summed E-state index contributed by atoms with van der Waals surface area (Å²) in [5.41, 5.74) is -0.294. The number of alkyl halides is 1. The van der Waals surface area contributed by atoms with Gasteiger partial charge in [0, 0.05) is 24.1 Å². The van der Waals surface area contributed by atoms with Crippen molar-refractivity contribution in [2.24, 2.45) is 17.3 Å². The summed E-state index contributed by atoms with van der Waals surface area (Å²) in [5.74, 6) is -0.251. The number of carbonyl (C=O) groups is 1. The van der Waals surface area contributed by atoms with Gasteiger partial charge in [-0.3, -0.25) is 4.79 Å². The van der Waals surface area contributed by atoms with E-state index in [0.717, 1.165) is 32.1 Å². The number of benzene rings is 1. The van der Waals surface area contributed by atoms with Gasteiger partial charge in [-0.15, -0.1) is 0 Å². The van der Waals surface area contributed by atoms with Crippen LogP contribution < -0.4 is 10.2 Å². The van der Waals surface area contributed by atoms with Gasteiger partial charge in [0.05, 0.1) is 5.41 Å². The van der Waals surface area contributed by atoms with Crippen molar-refractivity contribution >= 4 is 33.2 Å². The molecule has 0 aliphatic heterocycles. The summed E-state index contributed by atoms with van der Waals surface area (Å²) in [6.07, 6.45) is 6.09. The Morgan fingerprint density at radius 2 is 1.72 bits per heavy atom. The number of hydrogen-bond donors (Lipinski definition) is 1. The van der Waals surface area contributed by atoms with E-state index in [1.54, 1.807) is 14.1 Å². The molecule has 4 fully saturated rings. The predicted molar refractivity (Wildman–Crippen MR) is 98.1 cm³/mol. The van der Waals surface area contributed by atoms with E-state index in [1.807, 2.05) is 0 Å². The smallest absolute Gasteiger partial charge is 0.230 e. The molecule has 2 atom stereocenters. The van der Waals surface area contributed by atoms with Crippen LogP contribution in [0.15, 0.2) is 12.1 Å².